The van der Waals surface area contributed by atoms with Crippen molar-refractivity contribution in [1.29, 1.82) is 0 Å². The van der Waals surface area contributed by atoms with Gasteiger partial charge in [-0.25, -0.2) is 4.39 Å². The molecule has 4 nitrogen and oxygen atoms in total. The normalized spacial score (nSPS) is 15.3. The minimum atomic E-state index is -0.448. The lowest BCUT2D eigenvalue weighted by atomic mass is 10.0. The first-order valence-electron chi connectivity index (χ1n) is 8.09. The van der Waals surface area contributed by atoms with E-state index in [9.17, 15) is 9.18 Å². The van der Waals surface area contributed by atoms with E-state index in [4.69, 9.17) is 0 Å². The molecular weight excluding hydrogens is 305 g/mol. The van der Waals surface area contributed by atoms with Crippen molar-refractivity contribution in [2.24, 2.45) is 0 Å². The predicted molar refractivity (Wildman–Crippen MR) is 91.2 cm³/mol. The van der Waals surface area contributed by atoms with Crippen molar-refractivity contribution in [3.8, 4) is 0 Å². The van der Waals surface area contributed by atoms with Crippen molar-refractivity contribution in [3.05, 3.63) is 65.0 Å². The highest BCUT2D eigenvalue weighted by Crippen LogP contribution is 2.18. The minimum Gasteiger partial charge on any atom is -0.306 e. The van der Waals surface area contributed by atoms with Crippen LogP contribution in [0.25, 0.3) is 6.08 Å². The molecule has 0 bridgehead atoms. The summed E-state index contributed by atoms with van der Waals surface area (Å²) in [6, 6.07) is 8.35. The molecular formula is C19H20FN3O. The Morgan fingerprint density at radius 1 is 1.25 bits per heavy atom. The van der Waals surface area contributed by atoms with E-state index < -0.39 is 5.82 Å². The third kappa shape index (κ3) is 4.32. The summed E-state index contributed by atoms with van der Waals surface area (Å²) < 4.78 is 12.9. The number of piperidine rings is 1. The van der Waals surface area contributed by atoms with Gasteiger partial charge in [-0.3, -0.25) is 14.8 Å². The van der Waals surface area contributed by atoms with E-state index in [1.54, 1.807) is 0 Å². The highest BCUT2D eigenvalue weighted by atomic mass is 19.1. The molecule has 0 saturated carbocycles. The second-order valence-electron chi connectivity index (χ2n) is 6.12. The summed E-state index contributed by atoms with van der Waals surface area (Å²) in [5.74, 6) is -0.608. The Morgan fingerprint density at radius 3 is 2.75 bits per heavy atom. The molecule has 0 amide bonds. The van der Waals surface area contributed by atoms with Gasteiger partial charge in [-0.2, -0.15) is 0 Å². The van der Waals surface area contributed by atoms with Crippen LogP contribution in [0.5, 0.6) is 0 Å². The summed E-state index contributed by atoms with van der Waals surface area (Å²) in [6.45, 7) is 2.14. The van der Waals surface area contributed by atoms with Crippen molar-refractivity contribution >= 4 is 11.9 Å². The van der Waals surface area contributed by atoms with Gasteiger partial charge >= 0.3 is 0 Å². The number of likely N-dealkylation sites (tertiary alicyclic amines) is 1. The van der Waals surface area contributed by atoms with Gasteiger partial charge in [-0.05, 0) is 50.2 Å². The van der Waals surface area contributed by atoms with Crippen LogP contribution in [0, 0.1) is 5.82 Å². The number of hydrogen-bond acceptors (Lipinski definition) is 4. The molecule has 1 saturated heterocycles. The van der Waals surface area contributed by atoms with E-state index in [0.29, 0.717) is 5.69 Å². The molecule has 3 heterocycles. The molecule has 1 aliphatic rings. The average molecular weight is 325 g/mol. The number of aromatic nitrogens is 2. The van der Waals surface area contributed by atoms with Crippen molar-refractivity contribution in [3.63, 3.8) is 0 Å². The maximum absolute atomic E-state index is 12.9. The highest BCUT2D eigenvalue weighted by Gasteiger charge is 2.12. The lowest BCUT2D eigenvalue weighted by Crippen LogP contribution is -2.26. The minimum absolute atomic E-state index is 0.161. The van der Waals surface area contributed by atoms with E-state index >= 15 is 0 Å². The van der Waals surface area contributed by atoms with Crippen molar-refractivity contribution in [1.82, 2.24) is 14.9 Å². The first-order chi connectivity index (χ1) is 11.6. The molecule has 2 aromatic heterocycles. The highest BCUT2D eigenvalue weighted by molar-refractivity contribution is 5.95. The predicted octanol–water partition coefficient (Wildman–Crippen LogP) is 3.15. The van der Waals surface area contributed by atoms with E-state index in [1.165, 1.54) is 17.7 Å². The van der Waals surface area contributed by atoms with Gasteiger partial charge < -0.3 is 4.90 Å². The SMILES string of the molecule is CN1CCC(=Cc2cccc(CC(=O)c3ccc(F)cn3)n2)CC1. The van der Waals surface area contributed by atoms with E-state index in [-0.39, 0.29) is 17.9 Å². The van der Waals surface area contributed by atoms with E-state index in [2.05, 4.69) is 28.0 Å². The van der Waals surface area contributed by atoms with Crippen molar-refractivity contribution in [2.45, 2.75) is 19.3 Å². The molecule has 2 aromatic rings. The zero-order valence-electron chi connectivity index (χ0n) is 13.7. The van der Waals surface area contributed by atoms with Gasteiger partial charge in [0.15, 0.2) is 5.78 Å². The quantitative estimate of drug-likeness (QED) is 0.810. The Hall–Kier alpha value is -2.40. The lowest BCUT2D eigenvalue weighted by Gasteiger charge is -2.23. The van der Waals surface area contributed by atoms with Crippen LogP contribution in [0.15, 0.2) is 42.1 Å². The fraction of sp³-hybridized carbons (Fsp3) is 0.316. The van der Waals surface area contributed by atoms with Crippen LogP contribution in [0.1, 0.15) is 34.7 Å². The second-order valence-corrected chi connectivity index (χ2v) is 6.12. The molecule has 0 radical (unpaired) electrons. The molecule has 24 heavy (non-hydrogen) atoms. The molecule has 0 aliphatic carbocycles. The number of hydrogen-bond donors (Lipinski definition) is 0. The summed E-state index contributed by atoms with van der Waals surface area (Å²) in [5.41, 5.74) is 3.24. The smallest absolute Gasteiger partial charge is 0.187 e. The van der Waals surface area contributed by atoms with Gasteiger partial charge in [0, 0.05) is 18.8 Å². The molecule has 5 heteroatoms. The Labute approximate surface area is 141 Å². The summed E-state index contributed by atoms with van der Waals surface area (Å²) in [4.78, 5) is 22.9. The monoisotopic (exact) mass is 325 g/mol. The number of rotatable bonds is 4. The first kappa shape index (κ1) is 16.5. The van der Waals surface area contributed by atoms with Crippen LogP contribution in [-0.4, -0.2) is 40.8 Å². The van der Waals surface area contributed by atoms with Crippen LogP contribution in [-0.2, 0) is 6.42 Å². The number of halogens is 1. The fourth-order valence-electron chi connectivity index (χ4n) is 2.73. The first-order valence-corrected chi connectivity index (χ1v) is 8.09. The molecule has 0 spiro atoms. The second kappa shape index (κ2) is 7.45. The largest absolute Gasteiger partial charge is 0.306 e. The van der Waals surface area contributed by atoms with Crippen LogP contribution in [0.3, 0.4) is 0 Å². The van der Waals surface area contributed by atoms with Gasteiger partial charge in [0.25, 0.3) is 0 Å². The van der Waals surface area contributed by atoms with E-state index in [0.717, 1.165) is 37.8 Å². The maximum Gasteiger partial charge on any atom is 0.187 e. The molecule has 1 aliphatic heterocycles. The average Bonchev–Trinajstić information content (AvgIpc) is 2.58. The maximum atomic E-state index is 12.9. The summed E-state index contributed by atoms with van der Waals surface area (Å²) >= 11 is 0. The third-order valence-corrected chi connectivity index (χ3v) is 4.16. The van der Waals surface area contributed by atoms with Gasteiger partial charge in [-0.1, -0.05) is 11.6 Å². The van der Waals surface area contributed by atoms with Crippen LogP contribution < -0.4 is 0 Å². The third-order valence-electron chi connectivity index (χ3n) is 4.16. The Morgan fingerprint density at radius 2 is 2.04 bits per heavy atom. The van der Waals surface area contributed by atoms with Crippen LogP contribution in [0.2, 0.25) is 0 Å². The summed E-state index contributed by atoms with van der Waals surface area (Å²) in [5, 5.41) is 0. The number of Topliss-reactive ketones (excluding diaryl/α,β-unsaturated/α-hetero) is 1. The standard InChI is InChI=1S/C19H20FN3O/c1-23-9-7-14(8-10-23)11-16-3-2-4-17(22-16)12-19(24)18-6-5-15(20)13-21-18/h2-6,11,13H,7-10,12H2,1H3. The number of carbonyl (C=O) groups is 1. The van der Waals surface area contributed by atoms with Crippen molar-refractivity contribution in [2.75, 3.05) is 20.1 Å². The molecule has 0 N–H and O–H groups in total. The van der Waals surface area contributed by atoms with Gasteiger partial charge in [-0.15, -0.1) is 0 Å². The fourth-order valence-corrected chi connectivity index (χ4v) is 2.73. The van der Waals surface area contributed by atoms with Gasteiger partial charge in [0.05, 0.1) is 18.3 Å². The molecule has 3 rings (SSSR count). The number of carbonyl (C=O) groups excluding carboxylic acids is 1. The number of ketones is 1. The Kier molecular flexibility index (Phi) is 5.11. The topological polar surface area (TPSA) is 46.1 Å². The Bertz CT molecular complexity index is 745. The van der Waals surface area contributed by atoms with E-state index in [1.807, 2.05) is 18.2 Å². The molecule has 1 fully saturated rings. The molecule has 124 valence electrons. The lowest BCUT2D eigenvalue weighted by molar-refractivity contribution is 0.0987. The molecule has 0 atom stereocenters. The number of pyridine rings is 2. The molecule has 0 unspecified atom stereocenters. The zero-order valence-corrected chi connectivity index (χ0v) is 13.7. The van der Waals surface area contributed by atoms with Gasteiger partial charge in [0.2, 0.25) is 0 Å². The molecule has 0 aromatic carbocycles. The van der Waals surface area contributed by atoms with Crippen LogP contribution >= 0.6 is 0 Å². The summed E-state index contributed by atoms with van der Waals surface area (Å²) in [7, 11) is 2.13. The van der Waals surface area contributed by atoms with Gasteiger partial charge in [0.1, 0.15) is 11.5 Å². The Balaban J connectivity index is 1.70. The van der Waals surface area contributed by atoms with Crippen molar-refractivity contribution < 1.29 is 9.18 Å². The zero-order chi connectivity index (χ0) is 16.9. The summed E-state index contributed by atoms with van der Waals surface area (Å²) in [6.07, 6.45) is 5.46. The number of nitrogens with zero attached hydrogens (tertiary/aromatic N) is 3. The van der Waals surface area contributed by atoms with Crippen LogP contribution in [0.4, 0.5) is 4.39 Å².